The molecule has 0 fully saturated rings. The first kappa shape index (κ1) is 93.5. The first-order valence-corrected chi connectivity index (χ1v) is 34.9. The number of carbonyl (C=O) groups is 3. The number of hydrogen-bond acceptors (Lipinski definition) is 29. The number of amides is 1. The summed E-state index contributed by atoms with van der Waals surface area (Å²) in [5.41, 5.74) is 0.232. The molecule has 1 atom stereocenters. The van der Waals surface area contributed by atoms with Crippen molar-refractivity contribution in [3.05, 3.63) is 29.8 Å². The van der Waals surface area contributed by atoms with Crippen molar-refractivity contribution >= 4 is 17.8 Å². The Kier molecular flexibility index (Phi) is 71.4. The van der Waals surface area contributed by atoms with Crippen LogP contribution in [0.3, 0.4) is 0 Å². The monoisotopic (exact) mass is 1440 g/mol. The second kappa shape index (κ2) is 75.6. The summed E-state index contributed by atoms with van der Waals surface area (Å²) in [6.45, 7) is 29.5. The molecule has 0 spiro atoms. The molecule has 0 heterocycles. The van der Waals surface area contributed by atoms with Crippen LogP contribution in [0.4, 0.5) is 0 Å². The Bertz CT molecular complexity index is 1840. The van der Waals surface area contributed by atoms with E-state index in [1.54, 1.807) is 24.3 Å². The Hall–Kier alpha value is -3.53. The molecule has 0 bridgehead atoms. The molecule has 2 N–H and O–H groups in total. The fourth-order valence-electron chi connectivity index (χ4n) is 7.54. The lowest BCUT2D eigenvalue weighted by Gasteiger charge is -2.19. The minimum atomic E-state index is -1.14. The van der Waals surface area contributed by atoms with E-state index in [0.29, 0.717) is 310 Å². The van der Waals surface area contributed by atoms with Crippen molar-refractivity contribution in [2.24, 2.45) is 0 Å². The van der Waals surface area contributed by atoms with E-state index in [0.717, 1.165) is 18.6 Å². The highest BCUT2D eigenvalue weighted by Crippen LogP contribution is 2.14. The van der Waals surface area contributed by atoms with Gasteiger partial charge in [0, 0.05) is 19.4 Å². The highest BCUT2D eigenvalue weighted by molar-refractivity contribution is 5.83. The maximum atomic E-state index is 12.5. The van der Waals surface area contributed by atoms with Crippen LogP contribution in [0.5, 0.6) is 5.75 Å². The molecule has 1 aromatic rings. The van der Waals surface area contributed by atoms with Crippen molar-refractivity contribution < 1.29 is 143 Å². The van der Waals surface area contributed by atoms with E-state index in [9.17, 15) is 19.5 Å². The molecule has 0 aliphatic heterocycles. The van der Waals surface area contributed by atoms with Crippen LogP contribution in [0.15, 0.2) is 24.3 Å². The molecular formula is C68H125NO30. The lowest BCUT2D eigenvalue weighted by molar-refractivity contribution is -0.156. The van der Waals surface area contributed by atoms with Crippen LogP contribution in [0, 0.1) is 0 Å². The normalized spacial score (nSPS) is 12.0. The summed E-state index contributed by atoms with van der Waals surface area (Å²) in [6.07, 6.45) is 1.33. The van der Waals surface area contributed by atoms with Gasteiger partial charge in [-0.05, 0) is 44.9 Å². The van der Waals surface area contributed by atoms with Gasteiger partial charge < -0.3 is 134 Å². The highest BCUT2D eigenvalue weighted by Gasteiger charge is 2.21. The first-order chi connectivity index (χ1) is 48.6. The molecular weight excluding hydrogens is 1310 g/mol. The maximum absolute atomic E-state index is 12.5. The Labute approximate surface area is 588 Å². The second-order valence-corrected chi connectivity index (χ2v) is 21.9. The van der Waals surface area contributed by atoms with E-state index in [1.807, 2.05) is 20.8 Å². The smallest absolute Gasteiger partial charge is 0.326 e. The summed E-state index contributed by atoms with van der Waals surface area (Å²) in [5.74, 6) is -1.24. The molecule has 0 radical (unpaired) electrons. The van der Waals surface area contributed by atoms with Crippen molar-refractivity contribution in [2.75, 3.05) is 324 Å². The SMILES string of the molecule is CCCOCCOCCOCCOCCOCCOCCOCCOCCOCCOCCOCCOCCC(=O)N[C@@H](Cc1ccc(OCCOCCOCCOCCOCCOCCOCCOCCOCCOCCOCCOCCOCCC(=O)OC(C)(C)C)cc1)C(=O)O. The molecule has 0 saturated heterocycles. The lowest BCUT2D eigenvalue weighted by Crippen LogP contribution is -2.42. The summed E-state index contributed by atoms with van der Waals surface area (Å²) in [7, 11) is 0. The average Bonchev–Trinajstić information content (AvgIpc) is 0.936. The molecule has 0 saturated carbocycles. The third kappa shape index (κ3) is 74.0. The van der Waals surface area contributed by atoms with Crippen LogP contribution in [0.2, 0.25) is 0 Å². The number of carboxylic acid groups (broad SMARTS) is 1. The molecule has 1 amide bonds. The van der Waals surface area contributed by atoms with Crippen molar-refractivity contribution in [3.63, 3.8) is 0 Å². The molecule has 1 rings (SSSR count). The summed E-state index contributed by atoms with van der Waals surface area (Å²) in [4.78, 5) is 36.1. The molecule has 31 heteroatoms. The van der Waals surface area contributed by atoms with Crippen molar-refractivity contribution in [1.82, 2.24) is 5.32 Å². The Morgan fingerprint density at radius 3 is 0.747 bits per heavy atom. The van der Waals surface area contributed by atoms with E-state index in [1.165, 1.54) is 0 Å². The van der Waals surface area contributed by atoms with Crippen LogP contribution in [0.1, 0.15) is 52.5 Å². The van der Waals surface area contributed by atoms with Crippen LogP contribution in [-0.4, -0.2) is 358 Å². The molecule has 0 aromatic heterocycles. The van der Waals surface area contributed by atoms with Crippen molar-refractivity contribution in [1.29, 1.82) is 0 Å². The first-order valence-electron chi connectivity index (χ1n) is 34.9. The van der Waals surface area contributed by atoms with Crippen molar-refractivity contribution in [2.45, 2.75) is 65.0 Å². The van der Waals surface area contributed by atoms with Gasteiger partial charge >= 0.3 is 11.9 Å². The van der Waals surface area contributed by atoms with Gasteiger partial charge in [0.25, 0.3) is 0 Å². The minimum Gasteiger partial charge on any atom is -0.491 e. The van der Waals surface area contributed by atoms with E-state index in [2.05, 4.69) is 12.2 Å². The topological polar surface area (TPSA) is 323 Å². The van der Waals surface area contributed by atoms with E-state index in [-0.39, 0.29) is 38.4 Å². The van der Waals surface area contributed by atoms with Gasteiger partial charge in [0.15, 0.2) is 0 Å². The molecule has 582 valence electrons. The second-order valence-electron chi connectivity index (χ2n) is 21.9. The number of rotatable bonds is 82. The summed E-state index contributed by atoms with van der Waals surface area (Å²) in [6, 6.07) is 5.91. The van der Waals surface area contributed by atoms with Crippen LogP contribution >= 0.6 is 0 Å². The van der Waals surface area contributed by atoms with Gasteiger partial charge in [-0.3, -0.25) is 9.59 Å². The number of nitrogens with one attached hydrogen (secondary N) is 1. The summed E-state index contributed by atoms with van der Waals surface area (Å²) >= 11 is 0. The van der Waals surface area contributed by atoms with Gasteiger partial charge in [0.1, 0.15) is 24.0 Å². The zero-order valence-corrected chi connectivity index (χ0v) is 60.1. The quantitative estimate of drug-likeness (QED) is 0.0699. The fourth-order valence-corrected chi connectivity index (χ4v) is 7.54. The minimum absolute atomic E-state index is 0.00411. The number of benzene rings is 1. The lowest BCUT2D eigenvalue weighted by atomic mass is 10.1. The summed E-state index contributed by atoms with van der Waals surface area (Å²) in [5, 5.41) is 12.3. The van der Waals surface area contributed by atoms with Gasteiger partial charge in [-0.2, -0.15) is 0 Å². The third-order valence-electron chi connectivity index (χ3n) is 12.4. The van der Waals surface area contributed by atoms with Gasteiger partial charge in [-0.25, -0.2) is 4.79 Å². The number of carbonyl (C=O) groups excluding carboxylic acids is 2. The Morgan fingerprint density at radius 2 is 0.525 bits per heavy atom. The molecule has 0 aliphatic carbocycles. The number of esters is 1. The van der Waals surface area contributed by atoms with E-state index < -0.39 is 23.5 Å². The molecule has 31 nitrogen and oxygen atoms in total. The van der Waals surface area contributed by atoms with Gasteiger partial charge in [-0.1, -0.05) is 19.1 Å². The fraction of sp³-hybridized carbons (Fsp3) is 0.868. The molecule has 0 aliphatic rings. The Morgan fingerprint density at radius 1 is 0.313 bits per heavy atom. The standard InChI is InChI=1S/C68H125NO30/c1-5-12-74-15-18-77-21-24-80-27-30-83-33-36-86-39-42-89-45-46-90-43-40-87-37-34-84-31-28-81-25-22-78-19-16-75-13-10-65(70)69-64(67(72)73)61-62-6-8-63(9-7-62)98-60-59-97-58-57-96-56-55-95-54-53-94-52-51-93-50-49-92-48-47-91-44-41-88-38-35-85-32-29-82-26-23-79-20-17-76-14-11-66(71)99-68(2,3)4/h6-9,64H,5,10-61H2,1-4H3,(H,69,70)(H,72,73)/t64-/m0/s1. The molecule has 0 unspecified atom stereocenters. The van der Waals surface area contributed by atoms with Gasteiger partial charge in [0.05, 0.1) is 317 Å². The van der Waals surface area contributed by atoms with Crippen LogP contribution in [0.25, 0.3) is 0 Å². The number of carboxylic acids is 1. The third-order valence-corrected chi connectivity index (χ3v) is 12.4. The summed E-state index contributed by atoms with van der Waals surface area (Å²) < 4.78 is 143. The maximum Gasteiger partial charge on any atom is 0.326 e. The van der Waals surface area contributed by atoms with Crippen LogP contribution in [-0.2, 0) is 139 Å². The predicted molar refractivity (Wildman–Crippen MR) is 360 cm³/mol. The Balaban J connectivity index is 1.79. The number of hydrogen-bond donors (Lipinski definition) is 2. The largest absolute Gasteiger partial charge is 0.491 e. The molecule has 1 aromatic carbocycles. The number of ether oxygens (including phenoxy) is 26. The zero-order chi connectivity index (χ0) is 71.4. The highest BCUT2D eigenvalue weighted by atomic mass is 16.6. The van der Waals surface area contributed by atoms with Gasteiger partial charge in [0.2, 0.25) is 5.91 Å². The van der Waals surface area contributed by atoms with Crippen LogP contribution < -0.4 is 10.1 Å². The van der Waals surface area contributed by atoms with Gasteiger partial charge in [-0.15, -0.1) is 0 Å². The molecule has 99 heavy (non-hydrogen) atoms. The average molecular weight is 1440 g/mol. The van der Waals surface area contributed by atoms with Crippen molar-refractivity contribution in [3.8, 4) is 5.75 Å². The van der Waals surface area contributed by atoms with E-state index in [4.69, 9.17) is 123 Å². The predicted octanol–water partition coefficient (Wildman–Crippen LogP) is 3.11. The van der Waals surface area contributed by atoms with E-state index >= 15 is 0 Å². The zero-order valence-electron chi connectivity index (χ0n) is 60.1. The number of aliphatic carboxylic acids is 1.